The summed E-state index contributed by atoms with van der Waals surface area (Å²) in [6.07, 6.45) is 22.6. The Morgan fingerprint density at radius 1 is 0.367 bits per heavy atom. The second kappa shape index (κ2) is 43.5. The first-order valence-corrected chi connectivity index (χ1v) is 23.8. The van der Waals surface area contributed by atoms with Gasteiger partial charge in [-0.3, -0.25) is 0 Å². The Bertz CT molecular complexity index is 1010. The topological polar surface area (TPSA) is 126 Å². The molecular weight excluding hydrogens is 769 g/mol. The number of unbranched alkanes of at least 4 members (excludes halogenated alkanes) is 16. The molecule has 0 spiro atoms. The summed E-state index contributed by atoms with van der Waals surface area (Å²) in [7, 11) is 0. The molecule has 1 aromatic carbocycles. The van der Waals surface area contributed by atoms with Crippen molar-refractivity contribution in [2.24, 2.45) is 0 Å². The van der Waals surface area contributed by atoms with Gasteiger partial charge < -0.3 is 47.4 Å². The molecule has 350 valence electrons. The lowest BCUT2D eigenvalue weighted by Gasteiger charge is -2.19. The van der Waals surface area contributed by atoms with Crippen LogP contribution in [0.2, 0.25) is 0 Å². The van der Waals surface area contributed by atoms with Crippen molar-refractivity contribution in [3.8, 4) is 0 Å². The Hall–Kier alpha value is -2.16. The van der Waals surface area contributed by atoms with Gasteiger partial charge in [-0.05, 0) is 37.8 Å². The van der Waals surface area contributed by atoms with Crippen molar-refractivity contribution >= 4 is 11.9 Å². The summed E-state index contributed by atoms with van der Waals surface area (Å²) in [5.74, 6) is -1.26. The van der Waals surface area contributed by atoms with E-state index in [-0.39, 0.29) is 37.6 Å². The minimum Gasteiger partial charge on any atom is -0.460 e. The first kappa shape index (κ1) is 55.9. The van der Waals surface area contributed by atoms with Crippen molar-refractivity contribution in [1.82, 2.24) is 0 Å². The summed E-state index contributed by atoms with van der Waals surface area (Å²) < 4.78 is 57.6. The molecule has 0 N–H and O–H groups in total. The Kier molecular flexibility index (Phi) is 40.5. The Morgan fingerprint density at radius 2 is 0.683 bits per heavy atom. The zero-order valence-electron chi connectivity index (χ0n) is 38.4. The number of rotatable bonds is 46. The molecule has 60 heavy (non-hydrogen) atoms. The third-order valence-corrected chi connectivity index (χ3v) is 9.75. The smallest absolute Gasteiger partial charge is 0.339 e. The van der Waals surface area contributed by atoms with Gasteiger partial charge in [-0.2, -0.15) is 0 Å². The van der Waals surface area contributed by atoms with Crippen LogP contribution in [-0.4, -0.2) is 117 Å². The summed E-state index contributed by atoms with van der Waals surface area (Å²) in [5, 5.41) is 0. The van der Waals surface area contributed by atoms with Crippen LogP contribution in [0.4, 0.5) is 0 Å². The van der Waals surface area contributed by atoms with Crippen LogP contribution >= 0.6 is 0 Å². The molecule has 0 fully saturated rings. The normalized spacial score (nSPS) is 12.5. The predicted octanol–water partition coefficient (Wildman–Crippen LogP) is 10.7. The van der Waals surface area contributed by atoms with E-state index in [1.807, 2.05) is 0 Å². The van der Waals surface area contributed by atoms with E-state index < -0.39 is 24.5 Å². The highest BCUT2D eigenvalue weighted by molar-refractivity contribution is 6.03. The van der Waals surface area contributed by atoms with E-state index in [0.29, 0.717) is 66.1 Å². The van der Waals surface area contributed by atoms with Crippen LogP contribution in [0.15, 0.2) is 24.3 Å². The fraction of sp³-hybridized carbons (Fsp3) is 0.833. The molecule has 0 aliphatic carbocycles. The molecule has 1 aromatic rings. The van der Waals surface area contributed by atoms with Gasteiger partial charge in [0.25, 0.3) is 0 Å². The molecule has 0 heterocycles. The highest BCUT2D eigenvalue weighted by atomic mass is 16.7. The van der Waals surface area contributed by atoms with Gasteiger partial charge in [-0.1, -0.05) is 143 Å². The molecule has 0 aliphatic rings. The van der Waals surface area contributed by atoms with E-state index in [1.165, 1.54) is 89.9 Å². The second-order valence-electron chi connectivity index (χ2n) is 15.2. The van der Waals surface area contributed by atoms with Crippen LogP contribution in [-0.2, 0) is 47.4 Å². The molecule has 12 nitrogen and oxygen atoms in total. The third-order valence-electron chi connectivity index (χ3n) is 9.75. The summed E-state index contributed by atoms with van der Waals surface area (Å²) in [4.78, 5) is 25.8. The first-order valence-electron chi connectivity index (χ1n) is 23.8. The van der Waals surface area contributed by atoms with Crippen molar-refractivity contribution in [3.63, 3.8) is 0 Å². The monoisotopic (exact) mass is 855 g/mol. The predicted molar refractivity (Wildman–Crippen MR) is 237 cm³/mol. The lowest BCUT2D eigenvalue weighted by Crippen LogP contribution is -2.26. The number of carbonyl (C=O) groups excluding carboxylic acids is 2. The van der Waals surface area contributed by atoms with E-state index >= 15 is 0 Å². The molecule has 2 atom stereocenters. The number of ether oxygens (including phenoxy) is 10. The molecule has 2 unspecified atom stereocenters. The largest absolute Gasteiger partial charge is 0.460 e. The van der Waals surface area contributed by atoms with E-state index in [4.69, 9.17) is 47.4 Å². The highest BCUT2D eigenvalue weighted by Crippen LogP contribution is 2.13. The molecule has 0 bridgehead atoms. The average molecular weight is 855 g/mol. The third kappa shape index (κ3) is 33.5. The number of esters is 2. The summed E-state index contributed by atoms with van der Waals surface area (Å²) >= 11 is 0. The number of hydrogen-bond donors (Lipinski definition) is 0. The van der Waals surface area contributed by atoms with E-state index in [9.17, 15) is 9.59 Å². The molecule has 0 aliphatic heterocycles. The van der Waals surface area contributed by atoms with Gasteiger partial charge in [-0.25, -0.2) is 9.59 Å². The highest BCUT2D eigenvalue weighted by Gasteiger charge is 2.19. The first-order chi connectivity index (χ1) is 29.6. The lowest BCUT2D eigenvalue weighted by molar-refractivity contribution is -0.179. The zero-order chi connectivity index (χ0) is 43.4. The van der Waals surface area contributed by atoms with E-state index in [2.05, 4.69) is 27.7 Å². The SMILES string of the molecule is CCCCCCCOCC(OCCCCCCC)OCCOCCOC(=O)c1ccccc1C(=O)OCCOCCOC(COCCCCCCC)OCCCCCCC. The minimum atomic E-state index is -0.631. The van der Waals surface area contributed by atoms with Crippen molar-refractivity contribution in [2.45, 2.75) is 169 Å². The van der Waals surface area contributed by atoms with Crippen molar-refractivity contribution < 1.29 is 57.0 Å². The maximum absolute atomic E-state index is 12.9. The molecule has 1 rings (SSSR count). The Labute approximate surface area is 364 Å². The molecular formula is C48H86O12. The van der Waals surface area contributed by atoms with Crippen molar-refractivity contribution in [1.29, 1.82) is 0 Å². The van der Waals surface area contributed by atoms with E-state index in [1.54, 1.807) is 24.3 Å². The lowest BCUT2D eigenvalue weighted by atomic mass is 10.1. The van der Waals surface area contributed by atoms with Crippen molar-refractivity contribution in [2.75, 3.05) is 92.5 Å². The van der Waals surface area contributed by atoms with Crippen molar-refractivity contribution in [3.05, 3.63) is 35.4 Å². The number of carbonyl (C=O) groups is 2. The van der Waals surface area contributed by atoms with Gasteiger partial charge in [0.2, 0.25) is 0 Å². The maximum atomic E-state index is 12.9. The van der Waals surface area contributed by atoms with Crippen LogP contribution < -0.4 is 0 Å². The summed E-state index contributed by atoms with van der Waals surface area (Å²) in [6.45, 7) is 13.9. The van der Waals surface area contributed by atoms with Gasteiger partial charge in [0, 0.05) is 26.4 Å². The zero-order valence-corrected chi connectivity index (χ0v) is 38.4. The number of hydrogen-bond acceptors (Lipinski definition) is 12. The fourth-order valence-electron chi connectivity index (χ4n) is 6.17. The Balaban J connectivity index is 2.35. The molecule has 0 aromatic heterocycles. The minimum absolute atomic E-state index is 0.0208. The maximum Gasteiger partial charge on any atom is 0.339 e. The molecule has 0 saturated carbocycles. The van der Waals surface area contributed by atoms with Gasteiger partial charge in [0.15, 0.2) is 12.6 Å². The number of benzene rings is 1. The van der Waals surface area contributed by atoms with Gasteiger partial charge in [0.1, 0.15) is 13.2 Å². The summed E-state index contributed by atoms with van der Waals surface area (Å²) in [5.41, 5.74) is 0.250. The van der Waals surface area contributed by atoms with Crippen LogP contribution in [0.3, 0.4) is 0 Å². The van der Waals surface area contributed by atoms with Crippen LogP contribution in [0.25, 0.3) is 0 Å². The fourth-order valence-corrected chi connectivity index (χ4v) is 6.17. The Morgan fingerprint density at radius 3 is 1.05 bits per heavy atom. The quantitative estimate of drug-likeness (QED) is 0.0352. The van der Waals surface area contributed by atoms with Gasteiger partial charge >= 0.3 is 11.9 Å². The standard InChI is InChI=1S/C48H86O12/c1-5-9-13-17-23-29-53-41-45(55-31-25-19-15-11-7-3)57-37-33-51-35-39-59-47(49)43-27-21-22-28-44(43)48(50)60-40-36-52-34-38-58-46(56-32-26-20-16-12-8-4)42-54-30-24-18-14-10-6-2/h21-22,27-28,45-46H,5-20,23-26,29-42H2,1-4H3. The van der Waals surface area contributed by atoms with Crippen LogP contribution in [0.1, 0.15) is 177 Å². The molecule has 0 saturated heterocycles. The molecule has 0 radical (unpaired) electrons. The molecule has 12 heteroatoms. The van der Waals surface area contributed by atoms with Gasteiger partial charge in [-0.15, -0.1) is 0 Å². The van der Waals surface area contributed by atoms with Crippen LogP contribution in [0.5, 0.6) is 0 Å². The average Bonchev–Trinajstić information content (AvgIpc) is 3.26. The van der Waals surface area contributed by atoms with Crippen LogP contribution in [0, 0.1) is 0 Å². The van der Waals surface area contributed by atoms with Gasteiger partial charge in [0.05, 0.1) is 64.0 Å². The molecule has 0 amide bonds. The van der Waals surface area contributed by atoms with E-state index in [0.717, 1.165) is 38.5 Å². The summed E-state index contributed by atoms with van der Waals surface area (Å²) in [6, 6.07) is 6.43. The second-order valence-corrected chi connectivity index (χ2v) is 15.2.